The van der Waals surface area contributed by atoms with Gasteiger partial charge in [-0.25, -0.2) is 8.42 Å². The van der Waals surface area contributed by atoms with Gasteiger partial charge >= 0.3 is 0 Å². The van der Waals surface area contributed by atoms with Gasteiger partial charge in [-0.1, -0.05) is 24.6 Å². The van der Waals surface area contributed by atoms with Gasteiger partial charge in [-0.15, -0.1) is 0 Å². The van der Waals surface area contributed by atoms with Gasteiger partial charge in [-0.2, -0.15) is 12.6 Å². The predicted octanol–water partition coefficient (Wildman–Crippen LogP) is 4.35. The molecule has 3 rings (SSSR count). The predicted molar refractivity (Wildman–Crippen MR) is 95.1 cm³/mol. The highest BCUT2D eigenvalue weighted by Gasteiger charge is 2.29. The van der Waals surface area contributed by atoms with Gasteiger partial charge in [-0.3, -0.25) is 0 Å². The van der Waals surface area contributed by atoms with E-state index in [9.17, 15) is 8.42 Å². The molecule has 0 heterocycles. The molecular formula is C18H20O3S2. The fourth-order valence-corrected chi connectivity index (χ4v) is 5.21. The number of para-hydroxylation sites is 1. The maximum absolute atomic E-state index is 12.5. The minimum Gasteiger partial charge on any atom is -0.457 e. The lowest BCUT2D eigenvalue weighted by atomic mass is 10.1. The molecule has 0 bridgehead atoms. The summed E-state index contributed by atoms with van der Waals surface area (Å²) in [5.41, 5.74) is 0. The van der Waals surface area contributed by atoms with E-state index in [-0.39, 0.29) is 16.9 Å². The molecule has 0 N–H and O–H groups in total. The Morgan fingerprint density at radius 2 is 1.61 bits per heavy atom. The molecule has 122 valence electrons. The van der Waals surface area contributed by atoms with E-state index in [1.807, 2.05) is 30.3 Å². The summed E-state index contributed by atoms with van der Waals surface area (Å²) in [5, 5.41) is 0.200. The Morgan fingerprint density at radius 1 is 0.957 bits per heavy atom. The zero-order chi connectivity index (χ0) is 16.3. The lowest BCUT2D eigenvalue weighted by molar-refractivity contribution is 0.482. The van der Waals surface area contributed by atoms with Crippen LogP contribution in [0.25, 0.3) is 0 Å². The quantitative estimate of drug-likeness (QED) is 0.817. The van der Waals surface area contributed by atoms with Crippen molar-refractivity contribution in [3.63, 3.8) is 0 Å². The first-order chi connectivity index (χ1) is 11.0. The summed E-state index contributed by atoms with van der Waals surface area (Å²) in [7, 11) is -3.27. The molecule has 2 aromatic carbocycles. The van der Waals surface area contributed by atoms with Crippen molar-refractivity contribution in [3.05, 3.63) is 54.6 Å². The zero-order valence-corrected chi connectivity index (χ0v) is 14.5. The summed E-state index contributed by atoms with van der Waals surface area (Å²) in [4.78, 5) is 0.352. The van der Waals surface area contributed by atoms with Crippen LogP contribution in [-0.2, 0) is 9.84 Å². The van der Waals surface area contributed by atoms with Crippen LogP contribution in [0.15, 0.2) is 59.5 Å². The average molecular weight is 348 g/mol. The van der Waals surface area contributed by atoms with Crippen LogP contribution >= 0.6 is 12.6 Å². The van der Waals surface area contributed by atoms with Crippen molar-refractivity contribution in [2.75, 3.05) is 5.75 Å². The Bertz CT molecular complexity index is 740. The van der Waals surface area contributed by atoms with Crippen LogP contribution in [0, 0.1) is 5.92 Å². The molecular weight excluding hydrogens is 328 g/mol. The van der Waals surface area contributed by atoms with Crippen LogP contribution in [0.4, 0.5) is 0 Å². The summed E-state index contributed by atoms with van der Waals surface area (Å²) >= 11 is 4.50. The second kappa shape index (κ2) is 6.97. The first kappa shape index (κ1) is 16.4. The van der Waals surface area contributed by atoms with E-state index in [4.69, 9.17) is 4.74 Å². The van der Waals surface area contributed by atoms with Crippen LogP contribution in [0.1, 0.15) is 19.3 Å². The number of hydrogen-bond donors (Lipinski definition) is 1. The molecule has 1 aliphatic carbocycles. The van der Waals surface area contributed by atoms with Gasteiger partial charge in [0.05, 0.1) is 10.6 Å². The van der Waals surface area contributed by atoms with Gasteiger partial charge < -0.3 is 4.74 Å². The van der Waals surface area contributed by atoms with Crippen molar-refractivity contribution in [1.29, 1.82) is 0 Å². The number of sulfone groups is 1. The molecule has 0 aromatic heterocycles. The fourth-order valence-electron chi connectivity index (χ4n) is 2.93. The van der Waals surface area contributed by atoms with Crippen molar-refractivity contribution in [2.24, 2.45) is 5.92 Å². The first-order valence-electron chi connectivity index (χ1n) is 7.78. The fraction of sp³-hybridized carbons (Fsp3) is 0.333. The smallest absolute Gasteiger partial charge is 0.178 e. The Balaban J connectivity index is 1.71. The Labute approximate surface area is 143 Å². The molecule has 5 heteroatoms. The van der Waals surface area contributed by atoms with Gasteiger partial charge in [0.1, 0.15) is 11.5 Å². The van der Waals surface area contributed by atoms with E-state index >= 15 is 0 Å². The topological polar surface area (TPSA) is 43.4 Å². The van der Waals surface area contributed by atoms with Crippen LogP contribution in [-0.4, -0.2) is 19.4 Å². The second-order valence-corrected chi connectivity index (χ2v) is 8.62. The molecule has 23 heavy (non-hydrogen) atoms. The highest BCUT2D eigenvalue weighted by molar-refractivity contribution is 7.91. The average Bonchev–Trinajstić information content (AvgIpc) is 2.93. The van der Waals surface area contributed by atoms with Crippen LogP contribution < -0.4 is 4.74 Å². The summed E-state index contributed by atoms with van der Waals surface area (Å²) in [6.45, 7) is 0. The number of hydrogen-bond acceptors (Lipinski definition) is 4. The summed E-state index contributed by atoms with van der Waals surface area (Å²) in [6, 6.07) is 16.1. The third-order valence-electron chi connectivity index (χ3n) is 4.21. The van der Waals surface area contributed by atoms with E-state index < -0.39 is 9.84 Å². The molecule has 0 aliphatic heterocycles. The molecule has 2 aromatic rings. The van der Waals surface area contributed by atoms with Crippen molar-refractivity contribution in [2.45, 2.75) is 29.4 Å². The standard InChI is InChI=1S/C18H20O3S2/c19-23(20,13-14-5-4-8-18(14)22)17-11-9-16(10-12-17)21-15-6-2-1-3-7-15/h1-3,6-7,9-12,14,18,22H,4-5,8,13H2/t14-,18+/m0/s1. The summed E-state index contributed by atoms with van der Waals surface area (Å²) < 4.78 is 30.7. The van der Waals surface area contributed by atoms with Crippen molar-refractivity contribution in [1.82, 2.24) is 0 Å². The molecule has 2 atom stereocenters. The SMILES string of the molecule is O=S(=O)(C[C@@H]1CCC[C@H]1S)c1ccc(Oc2ccccc2)cc1. The summed E-state index contributed by atoms with van der Waals surface area (Å²) in [5.74, 6) is 1.69. The molecule has 0 amide bonds. The van der Waals surface area contributed by atoms with Crippen LogP contribution in [0.3, 0.4) is 0 Å². The number of ether oxygens (including phenoxy) is 1. The van der Waals surface area contributed by atoms with E-state index in [0.717, 1.165) is 25.0 Å². The Hall–Kier alpha value is -1.46. The lowest BCUT2D eigenvalue weighted by Crippen LogP contribution is -2.20. The number of thiol groups is 1. The minimum atomic E-state index is -3.27. The van der Waals surface area contributed by atoms with Gasteiger partial charge in [0.25, 0.3) is 0 Å². The highest BCUT2D eigenvalue weighted by Crippen LogP contribution is 2.32. The Kier molecular flexibility index (Phi) is 4.97. The number of rotatable bonds is 5. The van der Waals surface area contributed by atoms with Gasteiger partial charge in [0, 0.05) is 5.25 Å². The molecule has 0 unspecified atom stereocenters. The minimum absolute atomic E-state index is 0.156. The van der Waals surface area contributed by atoms with Crippen LogP contribution in [0.2, 0.25) is 0 Å². The van der Waals surface area contributed by atoms with Crippen molar-refractivity contribution < 1.29 is 13.2 Å². The van der Waals surface area contributed by atoms with E-state index in [1.165, 1.54) is 0 Å². The normalized spacial score (nSPS) is 21.3. The van der Waals surface area contributed by atoms with E-state index in [2.05, 4.69) is 12.6 Å². The molecule has 1 saturated carbocycles. The third-order valence-corrected chi connectivity index (χ3v) is 6.75. The molecule has 0 saturated heterocycles. The molecule has 1 fully saturated rings. The monoisotopic (exact) mass is 348 g/mol. The Morgan fingerprint density at radius 3 is 2.22 bits per heavy atom. The molecule has 1 aliphatic rings. The maximum Gasteiger partial charge on any atom is 0.178 e. The molecule has 0 radical (unpaired) electrons. The maximum atomic E-state index is 12.5. The van der Waals surface area contributed by atoms with Crippen LogP contribution in [0.5, 0.6) is 11.5 Å². The molecule has 0 spiro atoms. The lowest BCUT2D eigenvalue weighted by Gasteiger charge is -2.15. The largest absolute Gasteiger partial charge is 0.457 e. The second-order valence-electron chi connectivity index (χ2n) is 5.93. The zero-order valence-electron chi connectivity index (χ0n) is 12.8. The first-order valence-corrected chi connectivity index (χ1v) is 9.95. The molecule has 3 nitrogen and oxygen atoms in total. The van der Waals surface area contributed by atoms with Gasteiger partial charge in [0.15, 0.2) is 9.84 Å². The van der Waals surface area contributed by atoms with E-state index in [1.54, 1.807) is 24.3 Å². The van der Waals surface area contributed by atoms with Crippen molar-refractivity contribution >= 4 is 22.5 Å². The van der Waals surface area contributed by atoms with Gasteiger partial charge in [0.2, 0.25) is 0 Å². The van der Waals surface area contributed by atoms with Gasteiger partial charge in [-0.05, 0) is 55.2 Å². The van der Waals surface area contributed by atoms with E-state index in [0.29, 0.717) is 10.6 Å². The number of benzene rings is 2. The van der Waals surface area contributed by atoms with Crippen molar-refractivity contribution in [3.8, 4) is 11.5 Å². The summed E-state index contributed by atoms with van der Waals surface area (Å²) in [6.07, 6.45) is 3.02. The highest BCUT2D eigenvalue weighted by atomic mass is 32.2. The third kappa shape index (κ3) is 4.09.